The van der Waals surface area contributed by atoms with Crippen molar-refractivity contribution in [2.24, 2.45) is 0 Å². The van der Waals surface area contributed by atoms with Crippen molar-refractivity contribution in [2.45, 2.75) is 38.3 Å². The van der Waals surface area contributed by atoms with E-state index in [1.165, 1.54) is 15.4 Å². The highest BCUT2D eigenvalue weighted by Crippen LogP contribution is 2.30. The van der Waals surface area contributed by atoms with Gasteiger partial charge in [-0.05, 0) is 48.6 Å². The molecule has 1 aliphatic heterocycles. The molecule has 0 radical (unpaired) electrons. The third-order valence-corrected chi connectivity index (χ3v) is 10.1. The minimum Gasteiger partial charge on any atom is -0.339 e. The predicted molar refractivity (Wildman–Crippen MR) is 168 cm³/mol. The van der Waals surface area contributed by atoms with E-state index in [2.05, 4.69) is 53.4 Å². The number of hydrogen-bond donors (Lipinski definition) is 0. The highest BCUT2D eigenvalue weighted by atomic mass is 32.2. The molecule has 4 aromatic rings. The number of benzene rings is 4. The molecule has 0 aromatic heterocycles. The summed E-state index contributed by atoms with van der Waals surface area (Å²) in [6.07, 6.45) is 0. The second kappa shape index (κ2) is 13.0. The fourth-order valence-electron chi connectivity index (χ4n) is 6.08. The van der Waals surface area contributed by atoms with Crippen molar-refractivity contribution in [3.63, 3.8) is 0 Å². The predicted octanol–water partition coefficient (Wildman–Crippen LogP) is 5.74. The molecule has 1 fully saturated rings. The quantitative estimate of drug-likeness (QED) is 0.253. The van der Waals surface area contributed by atoms with Crippen LogP contribution in [0.2, 0.25) is 0 Å². The van der Waals surface area contributed by atoms with Crippen LogP contribution in [0, 0.1) is 20.8 Å². The maximum absolute atomic E-state index is 14.1. The average molecular weight is 582 g/mol. The Bertz CT molecular complexity index is 1540. The molecule has 4 aromatic carbocycles. The molecule has 0 atom stereocenters. The number of carbonyl (C=O) groups is 1. The zero-order chi connectivity index (χ0) is 29.7. The third-order valence-electron chi connectivity index (χ3n) is 7.98. The van der Waals surface area contributed by atoms with Gasteiger partial charge in [-0.15, -0.1) is 0 Å². The minimum atomic E-state index is -3.93. The van der Waals surface area contributed by atoms with E-state index < -0.39 is 10.0 Å². The van der Waals surface area contributed by atoms with Crippen LogP contribution in [-0.2, 0) is 21.4 Å². The fourth-order valence-corrected chi connectivity index (χ4v) is 7.87. The molecular formula is C35H39N3O3S. The van der Waals surface area contributed by atoms with Gasteiger partial charge in [0.15, 0.2) is 0 Å². The van der Waals surface area contributed by atoms with E-state index in [4.69, 9.17) is 0 Å². The van der Waals surface area contributed by atoms with Crippen LogP contribution >= 0.6 is 0 Å². The summed E-state index contributed by atoms with van der Waals surface area (Å²) in [7, 11) is -3.93. The van der Waals surface area contributed by atoms with Crippen LogP contribution < -0.4 is 0 Å². The molecule has 0 saturated carbocycles. The van der Waals surface area contributed by atoms with Crippen molar-refractivity contribution < 1.29 is 13.2 Å². The summed E-state index contributed by atoms with van der Waals surface area (Å²) >= 11 is 0. The van der Waals surface area contributed by atoms with Gasteiger partial charge in [0.25, 0.3) is 0 Å². The smallest absolute Gasteiger partial charge is 0.244 e. The van der Waals surface area contributed by atoms with Crippen molar-refractivity contribution in [3.8, 4) is 0 Å². The third kappa shape index (κ3) is 6.65. The number of aryl methyl sites for hydroxylation is 3. The zero-order valence-electron chi connectivity index (χ0n) is 24.6. The zero-order valence-corrected chi connectivity index (χ0v) is 25.4. The lowest BCUT2D eigenvalue weighted by atomic mass is 9.96. The standard InChI is InChI=1S/C35H39N3O3S/c1-27-23-28(2)35(29(3)24-27)42(40,41)38(25-30-13-7-4-8-14-30)26-33(39)36-19-21-37(22-20-36)34(31-15-9-5-10-16-31)32-17-11-6-12-18-32/h4-18,23-24,34H,19-22,25-26H2,1-3H3. The molecule has 5 rings (SSSR count). The number of amides is 1. The Labute approximate surface area is 250 Å². The average Bonchev–Trinajstić information content (AvgIpc) is 2.98. The van der Waals surface area contributed by atoms with Crippen LogP contribution in [-0.4, -0.2) is 61.2 Å². The number of nitrogens with zero attached hydrogens (tertiary/aromatic N) is 3. The second-order valence-corrected chi connectivity index (χ2v) is 13.0. The maximum Gasteiger partial charge on any atom is 0.244 e. The van der Waals surface area contributed by atoms with Gasteiger partial charge in [0.05, 0.1) is 17.5 Å². The molecule has 1 saturated heterocycles. The Balaban J connectivity index is 1.35. The van der Waals surface area contributed by atoms with E-state index in [1.54, 1.807) is 0 Å². The molecule has 1 amide bonds. The Morgan fingerprint density at radius 3 is 1.71 bits per heavy atom. The van der Waals surface area contributed by atoms with E-state index >= 15 is 0 Å². The van der Waals surface area contributed by atoms with Crippen molar-refractivity contribution in [1.29, 1.82) is 0 Å². The molecule has 0 unspecified atom stereocenters. The molecule has 0 bridgehead atoms. The largest absolute Gasteiger partial charge is 0.339 e. The summed E-state index contributed by atoms with van der Waals surface area (Å²) in [5.74, 6) is -0.174. The Morgan fingerprint density at radius 2 is 1.21 bits per heavy atom. The van der Waals surface area contributed by atoms with Gasteiger partial charge in [0, 0.05) is 32.7 Å². The van der Waals surface area contributed by atoms with Crippen molar-refractivity contribution >= 4 is 15.9 Å². The van der Waals surface area contributed by atoms with E-state index in [-0.39, 0.29) is 29.9 Å². The topological polar surface area (TPSA) is 60.9 Å². The van der Waals surface area contributed by atoms with Crippen LogP contribution in [0.4, 0.5) is 0 Å². The van der Waals surface area contributed by atoms with Crippen LogP contribution in [0.3, 0.4) is 0 Å². The van der Waals surface area contributed by atoms with E-state index in [9.17, 15) is 13.2 Å². The van der Waals surface area contributed by atoms with Gasteiger partial charge in [-0.25, -0.2) is 8.42 Å². The van der Waals surface area contributed by atoms with Gasteiger partial charge in [-0.3, -0.25) is 9.69 Å². The summed E-state index contributed by atoms with van der Waals surface area (Å²) in [6.45, 7) is 8.00. The molecular weight excluding hydrogens is 542 g/mol. The molecule has 218 valence electrons. The van der Waals surface area contributed by atoms with Gasteiger partial charge in [-0.2, -0.15) is 4.31 Å². The van der Waals surface area contributed by atoms with E-state index in [0.29, 0.717) is 37.3 Å². The van der Waals surface area contributed by atoms with Crippen LogP contribution in [0.5, 0.6) is 0 Å². The first kappa shape index (κ1) is 29.7. The van der Waals surface area contributed by atoms with Crippen molar-refractivity contribution in [1.82, 2.24) is 14.1 Å². The lowest BCUT2D eigenvalue weighted by Gasteiger charge is -2.40. The molecule has 7 heteroatoms. The molecule has 42 heavy (non-hydrogen) atoms. The summed E-state index contributed by atoms with van der Waals surface area (Å²) in [5.41, 5.74) is 5.67. The van der Waals surface area contributed by atoms with Gasteiger partial charge < -0.3 is 4.90 Å². The highest BCUT2D eigenvalue weighted by Gasteiger charge is 2.33. The lowest BCUT2D eigenvalue weighted by Crippen LogP contribution is -2.52. The van der Waals surface area contributed by atoms with Gasteiger partial charge in [0.1, 0.15) is 0 Å². The summed E-state index contributed by atoms with van der Waals surface area (Å²) < 4.78 is 29.6. The maximum atomic E-state index is 14.1. The minimum absolute atomic E-state index is 0.0899. The lowest BCUT2D eigenvalue weighted by molar-refractivity contribution is -0.133. The summed E-state index contributed by atoms with van der Waals surface area (Å²) in [6, 6.07) is 34.2. The number of carbonyl (C=O) groups excluding carboxylic acids is 1. The Kier molecular flexibility index (Phi) is 9.21. The Hall–Kier alpha value is -3.78. The summed E-state index contributed by atoms with van der Waals surface area (Å²) in [5, 5.41) is 0. The van der Waals surface area contributed by atoms with Gasteiger partial charge in [0.2, 0.25) is 15.9 Å². The molecule has 0 spiro atoms. The summed E-state index contributed by atoms with van der Waals surface area (Å²) in [4.78, 5) is 18.2. The van der Waals surface area contributed by atoms with Gasteiger partial charge >= 0.3 is 0 Å². The first-order valence-corrected chi connectivity index (χ1v) is 15.9. The first-order valence-electron chi connectivity index (χ1n) is 14.5. The SMILES string of the molecule is Cc1cc(C)c(S(=O)(=O)N(CC(=O)N2CCN(C(c3ccccc3)c3ccccc3)CC2)Cc2ccccc2)c(C)c1. The number of hydrogen-bond acceptors (Lipinski definition) is 4. The molecule has 1 aliphatic rings. The molecule has 1 heterocycles. The first-order chi connectivity index (χ1) is 20.2. The van der Waals surface area contributed by atoms with E-state index in [0.717, 1.165) is 11.1 Å². The molecule has 0 aliphatic carbocycles. The van der Waals surface area contributed by atoms with E-state index in [1.807, 2.05) is 80.3 Å². The normalized spacial score (nSPS) is 14.5. The van der Waals surface area contributed by atoms with Crippen LogP contribution in [0.15, 0.2) is 108 Å². The number of piperazine rings is 1. The van der Waals surface area contributed by atoms with Crippen LogP contribution in [0.1, 0.15) is 39.4 Å². The van der Waals surface area contributed by atoms with Gasteiger partial charge in [-0.1, -0.05) is 109 Å². The second-order valence-electron chi connectivity index (χ2n) is 11.1. The number of sulfonamides is 1. The van der Waals surface area contributed by atoms with Crippen molar-refractivity contribution in [2.75, 3.05) is 32.7 Å². The van der Waals surface area contributed by atoms with Crippen molar-refractivity contribution in [3.05, 3.63) is 137 Å². The monoisotopic (exact) mass is 581 g/mol. The van der Waals surface area contributed by atoms with Crippen LogP contribution in [0.25, 0.3) is 0 Å². The molecule has 6 nitrogen and oxygen atoms in total. The fraction of sp³-hybridized carbons (Fsp3) is 0.286. The number of rotatable bonds is 9. The molecule has 0 N–H and O–H groups in total. The Morgan fingerprint density at radius 1 is 0.738 bits per heavy atom. The highest BCUT2D eigenvalue weighted by molar-refractivity contribution is 7.89.